The molecule has 52 valence electrons. The van der Waals surface area contributed by atoms with Crippen LogP contribution in [0.15, 0.2) is 6.33 Å². The van der Waals surface area contributed by atoms with Crippen LogP contribution in [0.25, 0.3) is 0 Å². The van der Waals surface area contributed by atoms with Crippen LogP contribution in [0.3, 0.4) is 0 Å². The minimum absolute atomic E-state index is 0. The minimum Gasteiger partial charge on any atom is -1.00 e. The van der Waals surface area contributed by atoms with E-state index in [1.807, 2.05) is 4.57 Å². The molecule has 1 N–H and O–H groups in total. The van der Waals surface area contributed by atoms with E-state index in [2.05, 4.69) is 24.0 Å². The van der Waals surface area contributed by atoms with Crippen LogP contribution in [0.2, 0.25) is 0 Å². The number of hydrogen-bond acceptors (Lipinski definition) is 2. The number of rotatable bonds is 1. The Hall–Kier alpha value is 0.360. The van der Waals surface area contributed by atoms with Gasteiger partial charge >= 0.3 is 29.6 Å². The van der Waals surface area contributed by atoms with Gasteiger partial charge in [0, 0.05) is 6.04 Å². The molecule has 0 unspecified atom stereocenters. The average molecular weight is 167 g/mol. The third-order valence-corrected chi connectivity index (χ3v) is 1.44. The predicted molar refractivity (Wildman–Crippen MR) is 38.9 cm³/mol. The first-order valence-electron chi connectivity index (χ1n) is 2.83. The van der Waals surface area contributed by atoms with E-state index in [0.29, 0.717) is 10.8 Å². The van der Waals surface area contributed by atoms with E-state index >= 15 is 0 Å². The molecule has 1 heterocycles. The third kappa shape index (κ3) is 2.20. The van der Waals surface area contributed by atoms with Gasteiger partial charge in [0.2, 0.25) is 0 Å². The second-order valence-electron chi connectivity index (χ2n) is 2.16. The molecule has 1 aromatic heterocycles. The van der Waals surface area contributed by atoms with Crippen molar-refractivity contribution in [3.8, 4) is 0 Å². The number of aromatic nitrogens is 3. The fourth-order valence-electron chi connectivity index (χ4n) is 0.624. The van der Waals surface area contributed by atoms with Crippen molar-refractivity contribution in [1.82, 2.24) is 14.8 Å². The van der Waals surface area contributed by atoms with E-state index in [4.69, 9.17) is 12.2 Å². The van der Waals surface area contributed by atoms with Crippen molar-refractivity contribution < 1.29 is 31.0 Å². The van der Waals surface area contributed by atoms with Gasteiger partial charge in [-0.2, -0.15) is 5.10 Å². The van der Waals surface area contributed by atoms with Crippen LogP contribution in [0, 0.1) is 4.77 Å². The Bertz CT molecular complexity index is 244. The topological polar surface area (TPSA) is 33.6 Å². The minimum atomic E-state index is 0. The fourth-order valence-corrected chi connectivity index (χ4v) is 0.935. The number of nitrogens with zero attached hydrogens (tertiary/aromatic N) is 2. The molecule has 3 nitrogen and oxygen atoms in total. The maximum atomic E-state index is 4.91. The van der Waals surface area contributed by atoms with E-state index in [1.54, 1.807) is 6.33 Å². The van der Waals surface area contributed by atoms with Crippen LogP contribution in [0.1, 0.15) is 21.3 Å². The molecule has 0 bridgehead atoms. The molecule has 0 fully saturated rings. The smallest absolute Gasteiger partial charge is 1.00 e. The van der Waals surface area contributed by atoms with Crippen LogP contribution in [0.4, 0.5) is 0 Å². The van der Waals surface area contributed by atoms with Crippen LogP contribution in [-0.4, -0.2) is 14.8 Å². The second kappa shape index (κ2) is 4.28. The van der Waals surface area contributed by atoms with E-state index in [0.717, 1.165) is 0 Å². The Morgan fingerprint density at radius 1 is 1.80 bits per heavy atom. The van der Waals surface area contributed by atoms with Gasteiger partial charge in [-0.3, -0.25) is 5.10 Å². The zero-order chi connectivity index (χ0) is 6.85. The Labute approximate surface area is 88.6 Å². The Morgan fingerprint density at radius 2 is 2.40 bits per heavy atom. The number of hydrogen-bond donors (Lipinski definition) is 1. The molecule has 1 rings (SSSR count). The van der Waals surface area contributed by atoms with E-state index in [-0.39, 0.29) is 31.0 Å². The first-order valence-corrected chi connectivity index (χ1v) is 3.24. The molecule has 0 aliphatic rings. The van der Waals surface area contributed by atoms with Crippen molar-refractivity contribution in [2.24, 2.45) is 0 Å². The molecule has 0 atom stereocenters. The van der Waals surface area contributed by atoms with E-state index in [1.165, 1.54) is 0 Å². The van der Waals surface area contributed by atoms with Crippen LogP contribution in [0.5, 0.6) is 0 Å². The van der Waals surface area contributed by atoms with Gasteiger partial charge < -0.3 is 5.99 Å². The zero-order valence-electron chi connectivity index (χ0n) is 7.46. The van der Waals surface area contributed by atoms with Crippen LogP contribution >= 0.6 is 12.2 Å². The second-order valence-corrected chi connectivity index (χ2v) is 2.55. The van der Waals surface area contributed by atoms with Crippen LogP contribution in [-0.2, 0) is 0 Å². The summed E-state index contributed by atoms with van der Waals surface area (Å²) in [5.74, 6) is 0. The summed E-state index contributed by atoms with van der Waals surface area (Å²) in [4.78, 5) is 0. The van der Waals surface area contributed by atoms with Gasteiger partial charge in [0.05, 0.1) is 0 Å². The maximum Gasteiger partial charge on any atom is 1.00 e. The van der Waals surface area contributed by atoms with E-state index < -0.39 is 0 Å². The van der Waals surface area contributed by atoms with Crippen molar-refractivity contribution in [3.63, 3.8) is 0 Å². The molecular weight excluding hydrogens is 157 g/mol. The first kappa shape index (κ1) is 10.4. The first-order chi connectivity index (χ1) is 4.22. The van der Waals surface area contributed by atoms with Crippen molar-refractivity contribution >= 4 is 12.2 Å². The quantitative estimate of drug-likeness (QED) is 0.414. The summed E-state index contributed by atoms with van der Waals surface area (Å²) in [5.41, 5.74) is 0. The van der Waals surface area contributed by atoms with Crippen molar-refractivity contribution in [3.05, 3.63) is 11.1 Å². The molecule has 1 aromatic rings. The van der Waals surface area contributed by atoms with E-state index in [9.17, 15) is 0 Å². The zero-order valence-corrected chi connectivity index (χ0v) is 9.27. The van der Waals surface area contributed by atoms with Crippen molar-refractivity contribution in [2.45, 2.75) is 19.9 Å². The summed E-state index contributed by atoms with van der Waals surface area (Å²) >= 11 is 4.91. The molecule has 0 radical (unpaired) electrons. The monoisotopic (exact) mass is 167 g/mol. The van der Waals surface area contributed by atoms with Crippen molar-refractivity contribution in [2.75, 3.05) is 0 Å². The average Bonchev–Trinajstić information content (AvgIpc) is 2.13. The normalized spacial score (nSPS) is 9.50. The summed E-state index contributed by atoms with van der Waals surface area (Å²) in [6.07, 6.45) is 1.70. The standard InChI is InChI=1S/C5H9N3S.Na.H/c1-4(2)8-3-6-7-5(8)9;;/h3-4H,1-2H3,(H,7,9);;/q;+1;-1. The molecule has 0 spiro atoms. The summed E-state index contributed by atoms with van der Waals surface area (Å²) in [7, 11) is 0. The predicted octanol–water partition coefficient (Wildman–Crippen LogP) is -1.36. The molecule has 0 saturated carbocycles. The molecular formula is C5H10N3NaS. The summed E-state index contributed by atoms with van der Waals surface area (Å²) in [6, 6.07) is 0.399. The molecule has 0 amide bonds. The third-order valence-electron chi connectivity index (χ3n) is 1.13. The van der Waals surface area contributed by atoms with Gasteiger partial charge in [0.25, 0.3) is 0 Å². The molecule has 0 aliphatic carbocycles. The Morgan fingerprint density at radius 3 is 2.60 bits per heavy atom. The van der Waals surface area contributed by atoms with Gasteiger partial charge in [-0.05, 0) is 26.1 Å². The summed E-state index contributed by atoms with van der Waals surface area (Å²) in [6.45, 7) is 4.12. The van der Waals surface area contributed by atoms with Gasteiger partial charge in [-0.25, -0.2) is 0 Å². The Kier molecular flexibility index (Phi) is 4.44. The molecule has 0 saturated heterocycles. The summed E-state index contributed by atoms with van der Waals surface area (Å²) in [5, 5.41) is 6.45. The maximum absolute atomic E-state index is 4.91. The van der Waals surface area contributed by atoms with Gasteiger partial charge in [0.15, 0.2) is 4.77 Å². The number of aromatic amines is 1. The molecule has 0 aliphatic heterocycles. The van der Waals surface area contributed by atoms with Gasteiger partial charge in [0.1, 0.15) is 6.33 Å². The largest absolute Gasteiger partial charge is 1.00 e. The fraction of sp³-hybridized carbons (Fsp3) is 0.600. The van der Waals surface area contributed by atoms with Crippen molar-refractivity contribution in [1.29, 1.82) is 0 Å². The van der Waals surface area contributed by atoms with Crippen LogP contribution < -0.4 is 29.6 Å². The number of nitrogens with one attached hydrogen (secondary N) is 1. The van der Waals surface area contributed by atoms with Gasteiger partial charge in [-0.1, -0.05) is 0 Å². The van der Waals surface area contributed by atoms with Gasteiger partial charge in [-0.15, -0.1) is 0 Å². The SMILES string of the molecule is CC(C)n1cn[nH]c1=S.[H-].[Na+]. The summed E-state index contributed by atoms with van der Waals surface area (Å²) < 4.78 is 2.58. The molecule has 10 heavy (non-hydrogen) atoms. The number of H-pyrrole nitrogens is 1. The molecule has 0 aromatic carbocycles. The Balaban J connectivity index is 0. The molecule has 5 heteroatoms.